The van der Waals surface area contributed by atoms with Gasteiger partial charge in [0, 0.05) is 24.0 Å². The summed E-state index contributed by atoms with van der Waals surface area (Å²) < 4.78 is 13.6. The Kier molecular flexibility index (Phi) is 4.25. The lowest BCUT2D eigenvalue weighted by atomic mass is 10.2. The number of nitrogens with zero attached hydrogens (tertiary/aromatic N) is 2. The Morgan fingerprint density at radius 1 is 0.909 bits per heavy atom. The molecule has 0 spiro atoms. The highest BCUT2D eigenvalue weighted by atomic mass is 19.1. The molecule has 0 aliphatic rings. The first-order valence-corrected chi connectivity index (χ1v) is 6.94. The third-order valence-corrected chi connectivity index (χ3v) is 3.10. The van der Waals surface area contributed by atoms with Crippen molar-refractivity contribution in [1.29, 1.82) is 0 Å². The summed E-state index contributed by atoms with van der Waals surface area (Å²) in [6.07, 6.45) is 1.65. The lowest BCUT2D eigenvalue weighted by Gasteiger charge is -2.09. The molecule has 0 fully saturated rings. The van der Waals surface area contributed by atoms with E-state index in [4.69, 9.17) is 0 Å². The molecule has 0 amide bonds. The first-order chi connectivity index (χ1) is 10.8. The fraction of sp³-hybridized carbons (Fsp3) is 0.0588. The van der Waals surface area contributed by atoms with E-state index in [0.717, 1.165) is 5.69 Å². The van der Waals surface area contributed by atoms with Crippen molar-refractivity contribution < 1.29 is 4.39 Å². The van der Waals surface area contributed by atoms with Crippen LogP contribution in [0.15, 0.2) is 66.9 Å². The molecule has 5 heteroatoms. The summed E-state index contributed by atoms with van der Waals surface area (Å²) in [5.41, 5.74) is 1.51. The molecule has 0 unspecified atom stereocenters. The van der Waals surface area contributed by atoms with Gasteiger partial charge in [-0.25, -0.2) is 9.37 Å². The van der Waals surface area contributed by atoms with Gasteiger partial charge in [0.05, 0.1) is 0 Å². The van der Waals surface area contributed by atoms with E-state index in [9.17, 15) is 4.39 Å². The summed E-state index contributed by atoms with van der Waals surface area (Å²) in [7, 11) is 0. The Balaban J connectivity index is 1.68. The summed E-state index contributed by atoms with van der Waals surface area (Å²) in [6, 6.07) is 18.1. The molecule has 2 N–H and O–H groups in total. The second-order valence-corrected chi connectivity index (χ2v) is 4.70. The molecule has 1 aromatic heterocycles. The van der Waals surface area contributed by atoms with Gasteiger partial charge in [-0.15, -0.1) is 0 Å². The van der Waals surface area contributed by atoms with Gasteiger partial charge in [-0.2, -0.15) is 4.98 Å². The topological polar surface area (TPSA) is 49.8 Å². The molecule has 1 heterocycles. The highest BCUT2D eigenvalue weighted by Crippen LogP contribution is 2.14. The average Bonchev–Trinajstić information content (AvgIpc) is 2.55. The van der Waals surface area contributed by atoms with Gasteiger partial charge in [0.2, 0.25) is 5.95 Å². The van der Waals surface area contributed by atoms with Crippen LogP contribution >= 0.6 is 0 Å². The van der Waals surface area contributed by atoms with Crippen LogP contribution in [0.1, 0.15) is 5.56 Å². The first-order valence-electron chi connectivity index (χ1n) is 6.94. The van der Waals surface area contributed by atoms with Gasteiger partial charge in [0.25, 0.3) is 0 Å². The number of hydrogen-bond donors (Lipinski definition) is 2. The number of benzene rings is 2. The predicted octanol–water partition coefficient (Wildman–Crippen LogP) is 3.97. The van der Waals surface area contributed by atoms with Gasteiger partial charge in [0.15, 0.2) is 0 Å². The van der Waals surface area contributed by atoms with E-state index in [-0.39, 0.29) is 5.82 Å². The van der Waals surface area contributed by atoms with Crippen LogP contribution < -0.4 is 10.6 Å². The first kappa shape index (κ1) is 14.0. The van der Waals surface area contributed by atoms with Gasteiger partial charge in [-0.05, 0) is 24.3 Å². The normalized spacial score (nSPS) is 10.2. The molecule has 4 nitrogen and oxygen atoms in total. The fourth-order valence-corrected chi connectivity index (χ4v) is 2.00. The lowest BCUT2D eigenvalue weighted by molar-refractivity contribution is 0.613. The van der Waals surface area contributed by atoms with E-state index in [1.54, 1.807) is 24.4 Å². The zero-order chi connectivity index (χ0) is 15.2. The van der Waals surface area contributed by atoms with Crippen LogP contribution in [0.3, 0.4) is 0 Å². The largest absolute Gasteiger partial charge is 0.366 e. The van der Waals surface area contributed by atoms with Crippen LogP contribution in [0.25, 0.3) is 0 Å². The van der Waals surface area contributed by atoms with Gasteiger partial charge >= 0.3 is 0 Å². The Hall–Kier alpha value is -2.95. The molecule has 0 atom stereocenters. The molecule has 2 aromatic carbocycles. The fourth-order valence-electron chi connectivity index (χ4n) is 2.00. The minimum Gasteiger partial charge on any atom is -0.366 e. The van der Waals surface area contributed by atoms with Gasteiger partial charge in [-0.1, -0.05) is 36.4 Å². The maximum Gasteiger partial charge on any atom is 0.229 e. The highest BCUT2D eigenvalue weighted by molar-refractivity contribution is 5.54. The second-order valence-electron chi connectivity index (χ2n) is 4.70. The summed E-state index contributed by atoms with van der Waals surface area (Å²) in [4.78, 5) is 8.53. The molecule has 3 aromatic rings. The summed E-state index contributed by atoms with van der Waals surface area (Å²) in [5, 5.41) is 6.21. The van der Waals surface area contributed by atoms with Crippen molar-refractivity contribution in [2.75, 3.05) is 10.6 Å². The Labute approximate surface area is 128 Å². The Morgan fingerprint density at radius 2 is 1.68 bits per heavy atom. The summed E-state index contributed by atoms with van der Waals surface area (Å²) >= 11 is 0. The van der Waals surface area contributed by atoms with Crippen molar-refractivity contribution in [3.63, 3.8) is 0 Å². The van der Waals surface area contributed by atoms with Crippen LogP contribution in [0.5, 0.6) is 0 Å². The molecule has 0 saturated heterocycles. The molecule has 0 bridgehead atoms. The van der Waals surface area contributed by atoms with Gasteiger partial charge in [0.1, 0.15) is 11.6 Å². The molecule has 22 heavy (non-hydrogen) atoms. The monoisotopic (exact) mass is 294 g/mol. The number of anilines is 3. The number of aromatic nitrogens is 2. The number of para-hydroxylation sites is 1. The van der Waals surface area contributed by atoms with E-state index in [1.165, 1.54) is 6.07 Å². The highest BCUT2D eigenvalue weighted by Gasteiger charge is 2.03. The molecule has 110 valence electrons. The smallest absolute Gasteiger partial charge is 0.229 e. The Morgan fingerprint density at radius 3 is 2.50 bits per heavy atom. The van der Waals surface area contributed by atoms with Crippen LogP contribution in [-0.4, -0.2) is 9.97 Å². The third-order valence-electron chi connectivity index (χ3n) is 3.10. The maximum absolute atomic E-state index is 13.6. The second kappa shape index (κ2) is 6.67. The van der Waals surface area contributed by atoms with Crippen LogP contribution in [-0.2, 0) is 6.54 Å². The van der Waals surface area contributed by atoms with Crippen LogP contribution in [0.4, 0.5) is 21.8 Å². The average molecular weight is 294 g/mol. The number of halogens is 1. The minimum atomic E-state index is -0.230. The molecule has 0 aliphatic heterocycles. The van der Waals surface area contributed by atoms with Crippen molar-refractivity contribution in [1.82, 2.24) is 9.97 Å². The molecule has 0 saturated carbocycles. The molecular weight excluding hydrogens is 279 g/mol. The maximum atomic E-state index is 13.6. The van der Waals surface area contributed by atoms with Crippen molar-refractivity contribution in [2.24, 2.45) is 0 Å². The zero-order valence-corrected chi connectivity index (χ0v) is 11.8. The van der Waals surface area contributed by atoms with E-state index in [0.29, 0.717) is 23.9 Å². The quantitative estimate of drug-likeness (QED) is 0.747. The van der Waals surface area contributed by atoms with Crippen molar-refractivity contribution in [3.8, 4) is 0 Å². The van der Waals surface area contributed by atoms with E-state index in [1.807, 2.05) is 36.4 Å². The summed E-state index contributed by atoms with van der Waals surface area (Å²) in [6.45, 7) is 0.370. The number of hydrogen-bond acceptors (Lipinski definition) is 4. The van der Waals surface area contributed by atoms with Gasteiger partial charge < -0.3 is 10.6 Å². The van der Waals surface area contributed by atoms with Crippen molar-refractivity contribution in [3.05, 3.63) is 78.2 Å². The zero-order valence-electron chi connectivity index (χ0n) is 11.8. The molecule has 0 aliphatic carbocycles. The number of rotatable bonds is 5. The number of nitrogens with one attached hydrogen (secondary N) is 2. The summed E-state index contributed by atoms with van der Waals surface area (Å²) in [5.74, 6) is 0.896. The molecular formula is C17H15FN4. The minimum absolute atomic E-state index is 0.230. The predicted molar refractivity (Wildman–Crippen MR) is 85.5 cm³/mol. The van der Waals surface area contributed by atoms with Gasteiger partial charge in [-0.3, -0.25) is 0 Å². The van der Waals surface area contributed by atoms with E-state index < -0.39 is 0 Å². The van der Waals surface area contributed by atoms with Crippen LogP contribution in [0.2, 0.25) is 0 Å². The SMILES string of the molecule is Fc1ccccc1CNc1ccnc(Nc2ccccc2)n1. The molecule has 3 rings (SSSR count). The van der Waals surface area contributed by atoms with E-state index in [2.05, 4.69) is 20.6 Å². The standard InChI is InChI=1S/C17H15FN4/c18-15-9-5-4-6-13(15)12-20-16-10-11-19-17(22-16)21-14-7-2-1-3-8-14/h1-11H,12H2,(H2,19,20,21,22). The van der Waals surface area contributed by atoms with Crippen LogP contribution in [0, 0.1) is 5.82 Å². The Bertz CT molecular complexity index is 746. The molecule has 0 radical (unpaired) electrons. The third kappa shape index (κ3) is 3.58. The van der Waals surface area contributed by atoms with Crippen molar-refractivity contribution in [2.45, 2.75) is 6.54 Å². The van der Waals surface area contributed by atoms with E-state index >= 15 is 0 Å². The lowest BCUT2D eigenvalue weighted by Crippen LogP contribution is -2.05. The van der Waals surface area contributed by atoms with Crippen molar-refractivity contribution >= 4 is 17.5 Å².